The van der Waals surface area contributed by atoms with Crippen molar-refractivity contribution in [3.05, 3.63) is 108 Å². The summed E-state index contributed by atoms with van der Waals surface area (Å²) in [7, 11) is 0. The van der Waals surface area contributed by atoms with Gasteiger partial charge in [0.2, 0.25) is 0 Å². The summed E-state index contributed by atoms with van der Waals surface area (Å²) in [6.45, 7) is 4.81. The van der Waals surface area contributed by atoms with Crippen LogP contribution in [0.1, 0.15) is 42.9 Å². The van der Waals surface area contributed by atoms with Crippen LogP contribution in [-0.2, 0) is 6.42 Å². The van der Waals surface area contributed by atoms with E-state index in [0.29, 0.717) is 11.7 Å². The number of pyridine rings is 1. The van der Waals surface area contributed by atoms with Crippen LogP contribution in [-0.4, -0.2) is 21.3 Å². The number of hydrogen-bond acceptors (Lipinski definition) is 3. The molecule has 2 aromatic carbocycles. The van der Waals surface area contributed by atoms with Crippen LogP contribution in [0.3, 0.4) is 0 Å². The average molecular weight is 469 g/mol. The van der Waals surface area contributed by atoms with Crippen LogP contribution < -0.4 is 15.0 Å². The molecular weight excluding hydrogens is 440 g/mol. The summed E-state index contributed by atoms with van der Waals surface area (Å²) in [6, 6.07) is 27.0. The quantitative estimate of drug-likeness (QED) is 0.337. The number of anilines is 1. The first-order chi connectivity index (χ1) is 16.7. The molecule has 0 aliphatic carbocycles. The summed E-state index contributed by atoms with van der Waals surface area (Å²) in [4.78, 5) is 6.89. The highest BCUT2D eigenvalue weighted by Crippen LogP contribution is 2.42. The fourth-order valence-corrected chi connectivity index (χ4v) is 4.91. The number of ether oxygens (including phenoxy) is 1. The first kappa shape index (κ1) is 22.2. The van der Waals surface area contributed by atoms with Crippen LogP contribution in [0.5, 0.6) is 5.75 Å². The lowest BCUT2D eigenvalue weighted by atomic mass is 10.0. The van der Waals surface area contributed by atoms with Crippen LogP contribution >= 0.6 is 12.2 Å². The van der Waals surface area contributed by atoms with E-state index in [0.717, 1.165) is 34.9 Å². The molecule has 2 unspecified atom stereocenters. The molecule has 3 heterocycles. The number of thiocarbonyl (C=S) groups is 1. The molecule has 2 atom stereocenters. The summed E-state index contributed by atoms with van der Waals surface area (Å²) in [5.41, 5.74) is 5.53. The Kier molecular flexibility index (Phi) is 6.32. The van der Waals surface area contributed by atoms with Gasteiger partial charge in [0, 0.05) is 29.5 Å². The summed E-state index contributed by atoms with van der Waals surface area (Å²) in [5, 5.41) is 4.25. The maximum Gasteiger partial charge on any atom is 0.174 e. The summed E-state index contributed by atoms with van der Waals surface area (Å²) >= 11 is 5.88. The Morgan fingerprint density at radius 3 is 2.35 bits per heavy atom. The minimum absolute atomic E-state index is 0.0727. The Balaban J connectivity index is 1.60. The van der Waals surface area contributed by atoms with Crippen molar-refractivity contribution in [2.75, 3.05) is 11.5 Å². The number of hydrogen-bond donors (Lipinski definition) is 1. The summed E-state index contributed by atoms with van der Waals surface area (Å²) in [6.07, 6.45) is 4.94. The molecule has 1 aliphatic heterocycles. The van der Waals surface area contributed by atoms with Crippen LogP contribution in [0.4, 0.5) is 5.69 Å². The van der Waals surface area contributed by atoms with Crippen molar-refractivity contribution in [2.24, 2.45) is 0 Å². The second-order valence-electron chi connectivity index (χ2n) is 8.25. The van der Waals surface area contributed by atoms with Crippen LogP contribution in [0.25, 0.3) is 5.69 Å². The number of aromatic nitrogens is 2. The van der Waals surface area contributed by atoms with E-state index >= 15 is 0 Å². The molecule has 0 radical (unpaired) electrons. The summed E-state index contributed by atoms with van der Waals surface area (Å²) in [5.74, 6) is 0.868. The Labute approximate surface area is 206 Å². The average Bonchev–Trinajstić information content (AvgIpc) is 3.49. The smallest absolute Gasteiger partial charge is 0.174 e. The van der Waals surface area contributed by atoms with Crippen molar-refractivity contribution < 1.29 is 4.74 Å². The largest absolute Gasteiger partial charge is 0.494 e. The molecule has 0 spiro atoms. The molecule has 1 aliphatic rings. The van der Waals surface area contributed by atoms with E-state index in [1.165, 1.54) is 5.56 Å². The third-order valence-corrected chi connectivity index (χ3v) is 6.54. The Bertz CT molecular complexity index is 1250. The second kappa shape index (κ2) is 9.69. The topological polar surface area (TPSA) is 42.3 Å². The fraction of sp³-hybridized carbons (Fsp3) is 0.214. The molecule has 172 valence electrons. The minimum Gasteiger partial charge on any atom is -0.494 e. The number of benzene rings is 2. The Morgan fingerprint density at radius 1 is 0.912 bits per heavy atom. The molecule has 1 fully saturated rings. The number of aryl methyl sites for hydroxylation is 1. The van der Waals surface area contributed by atoms with Gasteiger partial charge in [-0.1, -0.05) is 25.1 Å². The number of nitrogens with one attached hydrogen (secondary N) is 1. The van der Waals surface area contributed by atoms with Gasteiger partial charge in [-0.05, 0) is 91.8 Å². The molecule has 34 heavy (non-hydrogen) atoms. The highest BCUT2D eigenvalue weighted by atomic mass is 32.1. The van der Waals surface area contributed by atoms with Gasteiger partial charge in [-0.25, -0.2) is 0 Å². The second-order valence-corrected chi connectivity index (χ2v) is 8.63. The molecule has 4 aromatic rings. The number of nitrogens with zero attached hydrogens (tertiary/aromatic N) is 3. The standard InChI is InChI=1S/C28H28N4OS/c1-3-20-10-12-22(13-11-20)32-27(26(30-28(32)34)24-8-5-6-18-29-24)25-9-7-19-31(25)21-14-16-23(17-15-21)33-4-2/h5-19,26-27H,3-4H2,1-2H3,(H,30,34). The zero-order valence-electron chi connectivity index (χ0n) is 19.4. The van der Waals surface area contributed by atoms with Gasteiger partial charge in [-0.15, -0.1) is 0 Å². The van der Waals surface area contributed by atoms with Gasteiger partial charge in [-0.2, -0.15) is 0 Å². The highest BCUT2D eigenvalue weighted by Gasteiger charge is 2.42. The van der Waals surface area contributed by atoms with E-state index in [1.807, 2.05) is 37.4 Å². The number of rotatable bonds is 7. The molecule has 1 saturated heterocycles. The lowest BCUT2D eigenvalue weighted by molar-refractivity contribution is 0.340. The van der Waals surface area contributed by atoms with E-state index < -0.39 is 0 Å². The van der Waals surface area contributed by atoms with Crippen molar-refractivity contribution >= 4 is 23.0 Å². The molecule has 5 rings (SSSR count). The van der Waals surface area contributed by atoms with Gasteiger partial charge in [0.1, 0.15) is 11.8 Å². The fourth-order valence-electron chi connectivity index (χ4n) is 4.57. The maximum absolute atomic E-state index is 5.88. The molecule has 6 heteroatoms. The third kappa shape index (κ3) is 4.17. The van der Waals surface area contributed by atoms with Crippen molar-refractivity contribution in [3.8, 4) is 11.4 Å². The van der Waals surface area contributed by atoms with E-state index in [1.54, 1.807) is 0 Å². The van der Waals surface area contributed by atoms with Gasteiger partial charge >= 0.3 is 0 Å². The molecule has 5 nitrogen and oxygen atoms in total. The SMILES string of the molecule is CCOc1ccc(-n2cccc2C2C(c3ccccn3)NC(=S)N2c2ccc(CC)cc2)cc1. The van der Waals surface area contributed by atoms with E-state index in [-0.39, 0.29) is 12.1 Å². The monoisotopic (exact) mass is 468 g/mol. The minimum atomic E-state index is -0.0871. The molecule has 0 saturated carbocycles. The van der Waals surface area contributed by atoms with Crippen LogP contribution in [0.15, 0.2) is 91.3 Å². The van der Waals surface area contributed by atoms with Gasteiger partial charge in [0.25, 0.3) is 0 Å². The maximum atomic E-state index is 5.88. The first-order valence-corrected chi connectivity index (χ1v) is 12.1. The van der Waals surface area contributed by atoms with E-state index in [4.69, 9.17) is 17.0 Å². The van der Waals surface area contributed by atoms with Crippen molar-refractivity contribution in [3.63, 3.8) is 0 Å². The Morgan fingerprint density at radius 2 is 1.68 bits per heavy atom. The zero-order chi connectivity index (χ0) is 23.5. The van der Waals surface area contributed by atoms with Crippen molar-refractivity contribution in [1.29, 1.82) is 0 Å². The lowest BCUT2D eigenvalue weighted by Crippen LogP contribution is -2.30. The van der Waals surface area contributed by atoms with Crippen LogP contribution in [0.2, 0.25) is 0 Å². The highest BCUT2D eigenvalue weighted by molar-refractivity contribution is 7.80. The van der Waals surface area contributed by atoms with E-state index in [2.05, 4.69) is 87.5 Å². The first-order valence-electron chi connectivity index (χ1n) is 11.7. The lowest BCUT2D eigenvalue weighted by Gasteiger charge is -2.29. The molecule has 0 bridgehead atoms. The van der Waals surface area contributed by atoms with Crippen molar-refractivity contribution in [1.82, 2.24) is 14.9 Å². The zero-order valence-corrected chi connectivity index (χ0v) is 20.2. The van der Waals surface area contributed by atoms with Gasteiger partial charge < -0.3 is 19.5 Å². The predicted octanol–water partition coefficient (Wildman–Crippen LogP) is 6.01. The Hall–Kier alpha value is -3.64. The molecule has 1 N–H and O–H groups in total. The van der Waals surface area contributed by atoms with E-state index in [9.17, 15) is 0 Å². The van der Waals surface area contributed by atoms with Gasteiger partial charge in [-0.3, -0.25) is 4.98 Å². The summed E-state index contributed by atoms with van der Waals surface area (Å²) < 4.78 is 7.86. The molecular formula is C28H28N4OS. The third-order valence-electron chi connectivity index (χ3n) is 6.23. The van der Waals surface area contributed by atoms with Gasteiger partial charge in [0.15, 0.2) is 5.11 Å². The van der Waals surface area contributed by atoms with Gasteiger partial charge in [0.05, 0.1) is 18.3 Å². The predicted molar refractivity (Wildman–Crippen MR) is 141 cm³/mol. The normalized spacial score (nSPS) is 17.6. The van der Waals surface area contributed by atoms with Crippen LogP contribution in [0, 0.1) is 0 Å². The molecule has 2 aromatic heterocycles. The van der Waals surface area contributed by atoms with Crippen molar-refractivity contribution in [2.45, 2.75) is 32.4 Å². The molecule has 0 amide bonds.